The standard InChI is InChI=1S/C20H24Si/c1-4-21(5-2,6-3)20-13-9-12-18-14-16-10-7-8-11-17(16)15-19(18)20/h7-15H,4-6H2,1-3H3. The lowest BCUT2D eigenvalue weighted by atomic mass is 10.0. The summed E-state index contributed by atoms with van der Waals surface area (Å²) in [6.07, 6.45) is 0. The smallest absolute Gasteiger partial charge is 0.0675 e. The predicted molar refractivity (Wildman–Crippen MR) is 98.3 cm³/mol. The molecule has 0 saturated carbocycles. The van der Waals surface area contributed by atoms with Crippen molar-refractivity contribution in [1.29, 1.82) is 0 Å². The molecule has 0 saturated heterocycles. The average Bonchev–Trinajstić information content (AvgIpc) is 2.55. The molecule has 108 valence electrons. The summed E-state index contributed by atoms with van der Waals surface area (Å²) in [6, 6.07) is 24.4. The minimum Gasteiger partial charge on any atom is -0.0675 e. The third-order valence-electron chi connectivity index (χ3n) is 5.35. The van der Waals surface area contributed by atoms with E-state index in [1.807, 2.05) is 0 Å². The Morgan fingerprint density at radius 2 is 1.24 bits per heavy atom. The van der Waals surface area contributed by atoms with Crippen molar-refractivity contribution in [2.45, 2.75) is 38.9 Å². The van der Waals surface area contributed by atoms with Gasteiger partial charge >= 0.3 is 0 Å². The van der Waals surface area contributed by atoms with Crippen molar-refractivity contribution >= 4 is 34.8 Å². The molecule has 0 heterocycles. The summed E-state index contributed by atoms with van der Waals surface area (Å²) >= 11 is 0. The molecule has 0 N–H and O–H groups in total. The second-order valence-corrected chi connectivity index (χ2v) is 11.3. The van der Waals surface area contributed by atoms with Crippen LogP contribution in [0.15, 0.2) is 54.6 Å². The molecule has 0 aliphatic heterocycles. The third-order valence-corrected chi connectivity index (χ3v) is 11.0. The maximum Gasteiger partial charge on any atom is 0.0867 e. The van der Waals surface area contributed by atoms with Gasteiger partial charge in [-0.25, -0.2) is 0 Å². The number of hydrogen-bond acceptors (Lipinski definition) is 0. The van der Waals surface area contributed by atoms with Crippen LogP contribution >= 0.6 is 0 Å². The summed E-state index contributed by atoms with van der Waals surface area (Å²) in [5, 5.41) is 7.27. The fourth-order valence-electron chi connectivity index (χ4n) is 3.75. The first-order valence-corrected chi connectivity index (χ1v) is 10.8. The van der Waals surface area contributed by atoms with Gasteiger partial charge in [-0.1, -0.05) is 86.6 Å². The first kappa shape index (κ1) is 14.3. The van der Waals surface area contributed by atoms with Gasteiger partial charge in [-0.3, -0.25) is 0 Å². The van der Waals surface area contributed by atoms with Crippen LogP contribution in [0.5, 0.6) is 0 Å². The number of hydrogen-bond donors (Lipinski definition) is 0. The molecule has 0 atom stereocenters. The van der Waals surface area contributed by atoms with Crippen molar-refractivity contribution in [3.05, 3.63) is 54.6 Å². The second-order valence-electron chi connectivity index (χ2n) is 6.07. The van der Waals surface area contributed by atoms with E-state index in [0.717, 1.165) is 0 Å². The molecule has 3 rings (SSSR count). The van der Waals surface area contributed by atoms with Crippen molar-refractivity contribution in [2.24, 2.45) is 0 Å². The molecule has 3 aromatic rings. The fraction of sp³-hybridized carbons (Fsp3) is 0.300. The lowest BCUT2D eigenvalue weighted by molar-refractivity contribution is 1.20. The van der Waals surface area contributed by atoms with E-state index in [0.29, 0.717) is 0 Å². The van der Waals surface area contributed by atoms with Crippen LogP contribution in [0.25, 0.3) is 21.5 Å². The minimum absolute atomic E-state index is 1.34. The summed E-state index contributed by atoms with van der Waals surface area (Å²) in [4.78, 5) is 0. The molecule has 0 fully saturated rings. The van der Waals surface area contributed by atoms with Gasteiger partial charge in [0.25, 0.3) is 0 Å². The van der Waals surface area contributed by atoms with E-state index < -0.39 is 8.07 Å². The Labute approximate surface area is 128 Å². The lowest BCUT2D eigenvalue weighted by Crippen LogP contribution is -2.46. The third kappa shape index (κ3) is 2.30. The minimum atomic E-state index is -1.35. The van der Waals surface area contributed by atoms with Gasteiger partial charge in [-0.05, 0) is 33.7 Å². The Balaban J connectivity index is 2.35. The summed E-state index contributed by atoms with van der Waals surface area (Å²) in [5.74, 6) is 0. The highest BCUT2D eigenvalue weighted by Gasteiger charge is 2.30. The van der Waals surface area contributed by atoms with Gasteiger partial charge in [0.15, 0.2) is 0 Å². The highest BCUT2D eigenvalue weighted by Crippen LogP contribution is 2.27. The normalized spacial score (nSPS) is 12.1. The molecule has 1 heteroatoms. The van der Waals surface area contributed by atoms with E-state index in [1.54, 1.807) is 5.19 Å². The Bertz CT molecular complexity index is 761. The van der Waals surface area contributed by atoms with E-state index in [-0.39, 0.29) is 0 Å². The maximum absolute atomic E-state index is 2.42. The van der Waals surface area contributed by atoms with Crippen molar-refractivity contribution in [3.8, 4) is 0 Å². The molecule has 0 amide bonds. The van der Waals surface area contributed by atoms with Crippen molar-refractivity contribution in [3.63, 3.8) is 0 Å². The van der Waals surface area contributed by atoms with Crippen LogP contribution in [-0.4, -0.2) is 8.07 Å². The molecule has 0 spiro atoms. The fourth-order valence-corrected chi connectivity index (χ4v) is 7.63. The monoisotopic (exact) mass is 292 g/mol. The van der Waals surface area contributed by atoms with E-state index in [9.17, 15) is 0 Å². The zero-order chi connectivity index (χ0) is 14.9. The summed E-state index contributed by atoms with van der Waals surface area (Å²) < 4.78 is 0. The first-order chi connectivity index (χ1) is 10.2. The molecule has 0 unspecified atom stereocenters. The van der Waals surface area contributed by atoms with E-state index >= 15 is 0 Å². The summed E-state index contributed by atoms with van der Waals surface area (Å²) in [6.45, 7) is 7.16. The molecular formula is C20H24Si. The summed E-state index contributed by atoms with van der Waals surface area (Å²) in [5.41, 5.74) is 0. The van der Waals surface area contributed by atoms with E-state index in [4.69, 9.17) is 0 Å². The zero-order valence-corrected chi connectivity index (χ0v) is 14.3. The van der Waals surface area contributed by atoms with Gasteiger partial charge in [-0.15, -0.1) is 0 Å². The van der Waals surface area contributed by atoms with Crippen LogP contribution in [0.1, 0.15) is 20.8 Å². The van der Waals surface area contributed by atoms with Crippen molar-refractivity contribution in [1.82, 2.24) is 0 Å². The SMILES string of the molecule is CC[Si](CC)(CC)c1cccc2cc3ccccc3cc12. The van der Waals surface area contributed by atoms with Gasteiger partial charge < -0.3 is 0 Å². The van der Waals surface area contributed by atoms with Gasteiger partial charge in [-0.2, -0.15) is 0 Å². The van der Waals surface area contributed by atoms with Crippen LogP contribution in [0, 0.1) is 0 Å². The maximum atomic E-state index is 2.42. The van der Waals surface area contributed by atoms with Crippen LogP contribution < -0.4 is 5.19 Å². The highest BCUT2D eigenvalue weighted by atomic mass is 28.3. The second kappa shape index (κ2) is 5.65. The molecule has 3 aromatic carbocycles. The molecule has 0 aromatic heterocycles. The Kier molecular flexibility index (Phi) is 3.86. The molecule has 0 aliphatic rings. The van der Waals surface area contributed by atoms with Crippen LogP contribution in [0.3, 0.4) is 0 Å². The van der Waals surface area contributed by atoms with Crippen LogP contribution in [0.2, 0.25) is 18.1 Å². The van der Waals surface area contributed by atoms with Crippen molar-refractivity contribution < 1.29 is 0 Å². The Morgan fingerprint density at radius 3 is 1.86 bits per heavy atom. The number of fused-ring (bicyclic) bond motifs is 2. The molecule has 0 aliphatic carbocycles. The average molecular weight is 292 g/mol. The van der Waals surface area contributed by atoms with E-state index in [2.05, 4.69) is 75.4 Å². The van der Waals surface area contributed by atoms with Crippen LogP contribution in [0.4, 0.5) is 0 Å². The first-order valence-electron chi connectivity index (χ1n) is 8.16. The molecule has 21 heavy (non-hydrogen) atoms. The van der Waals surface area contributed by atoms with Gasteiger partial charge in [0.2, 0.25) is 0 Å². The highest BCUT2D eigenvalue weighted by molar-refractivity contribution is 6.93. The topological polar surface area (TPSA) is 0 Å². The quantitative estimate of drug-likeness (QED) is 0.427. The molecular weight excluding hydrogens is 268 g/mol. The molecule has 0 radical (unpaired) electrons. The summed E-state index contributed by atoms with van der Waals surface area (Å²) in [7, 11) is -1.35. The Morgan fingerprint density at radius 1 is 0.667 bits per heavy atom. The van der Waals surface area contributed by atoms with E-state index in [1.165, 1.54) is 39.7 Å². The largest absolute Gasteiger partial charge is 0.0867 e. The van der Waals surface area contributed by atoms with Crippen LogP contribution in [-0.2, 0) is 0 Å². The number of rotatable bonds is 4. The Hall–Kier alpha value is -1.60. The lowest BCUT2D eigenvalue weighted by Gasteiger charge is -2.30. The zero-order valence-electron chi connectivity index (χ0n) is 13.3. The van der Waals surface area contributed by atoms with Gasteiger partial charge in [0, 0.05) is 0 Å². The number of benzene rings is 3. The predicted octanol–water partition coefficient (Wildman–Crippen LogP) is 5.71. The molecule has 0 nitrogen and oxygen atoms in total. The van der Waals surface area contributed by atoms with Crippen molar-refractivity contribution in [2.75, 3.05) is 0 Å². The van der Waals surface area contributed by atoms with Gasteiger partial charge in [0.1, 0.15) is 0 Å². The molecule has 0 bridgehead atoms. The van der Waals surface area contributed by atoms with Gasteiger partial charge in [0.05, 0.1) is 8.07 Å².